The number of fused-ring (bicyclic) bond motifs is 1. The molecular weight excluding hydrogens is 310 g/mol. The van der Waals surface area contributed by atoms with Crippen molar-refractivity contribution in [2.24, 2.45) is 5.41 Å². The van der Waals surface area contributed by atoms with Gasteiger partial charge in [-0.05, 0) is 45.7 Å². The van der Waals surface area contributed by atoms with Gasteiger partial charge in [-0.25, -0.2) is 4.98 Å². The zero-order valence-corrected chi connectivity index (χ0v) is 14.8. The molecule has 2 atom stereocenters. The maximum atomic E-state index is 12.5. The number of aromatic nitrogens is 2. The molecule has 2 aromatic rings. The van der Waals surface area contributed by atoms with Crippen molar-refractivity contribution in [3.8, 4) is 0 Å². The van der Waals surface area contributed by atoms with E-state index >= 15 is 0 Å². The van der Waals surface area contributed by atoms with Crippen LogP contribution in [-0.2, 0) is 4.74 Å². The summed E-state index contributed by atoms with van der Waals surface area (Å²) in [5.41, 5.74) is 1.38. The van der Waals surface area contributed by atoms with E-state index in [0.717, 1.165) is 54.3 Å². The number of aromatic amines is 1. The lowest BCUT2D eigenvalue weighted by Gasteiger charge is -2.26. The maximum absolute atomic E-state index is 12.5. The number of aryl methyl sites for hydroxylation is 2. The molecule has 124 valence electrons. The van der Waals surface area contributed by atoms with E-state index in [1.54, 1.807) is 11.3 Å². The molecule has 2 aliphatic heterocycles. The lowest BCUT2D eigenvalue weighted by Crippen LogP contribution is -2.31. The van der Waals surface area contributed by atoms with Crippen molar-refractivity contribution in [2.45, 2.75) is 39.7 Å². The summed E-state index contributed by atoms with van der Waals surface area (Å²) < 4.78 is 5.61. The molecule has 0 bridgehead atoms. The smallest absolute Gasteiger partial charge is 0.259 e. The average molecular weight is 333 g/mol. The third kappa shape index (κ3) is 2.44. The summed E-state index contributed by atoms with van der Waals surface area (Å²) in [7, 11) is 0. The van der Waals surface area contributed by atoms with Gasteiger partial charge in [-0.15, -0.1) is 11.3 Å². The van der Waals surface area contributed by atoms with Crippen molar-refractivity contribution in [3.05, 3.63) is 26.6 Å². The lowest BCUT2D eigenvalue weighted by molar-refractivity contribution is 0.145. The van der Waals surface area contributed by atoms with E-state index < -0.39 is 0 Å². The summed E-state index contributed by atoms with van der Waals surface area (Å²) in [5.74, 6) is 0.791. The molecular formula is C17H23N3O2S. The second-order valence-corrected chi connectivity index (χ2v) is 8.32. The minimum absolute atomic E-state index is 0.00295. The van der Waals surface area contributed by atoms with Gasteiger partial charge in [0.2, 0.25) is 0 Å². The molecule has 2 saturated heterocycles. The van der Waals surface area contributed by atoms with Crippen LogP contribution in [0.4, 0.5) is 0 Å². The number of likely N-dealkylation sites (tertiary alicyclic amines) is 1. The van der Waals surface area contributed by atoms with Crippen molar-refractivity contribution in [1.29, 1.82) is 0 Å². The van der Waals surface area contributed by atoms with E-state index in [0.29, 0.717) is 5.41 Å². The second-order valence-electron chi connectivity index (χ2n) is 7.11. The summed E-state index contributed by atoms with van der Waals surface area (Å²) in [5, 5.41) is 0.755. The fourth-order valence-electron chi connectivity index (χ4n) is 3.91. The predicted molar refractivity (Wildman–Crippen MR) is 92.2 cm³/mol. The SMILES string of the molecule is Cc1sc2nc(C(C)N3CCC4(CCOC4)C3)[nH]c(=O)c2c1C. The second kappa shape index (κ2) is 5.40. The van der Waals surface area contributed by atoms with Crippen molar-refractivity contribution in [2.75, 3.05) is 26.3 Å². The van der Waals surface area contributed by atoms with Crippen molar-refractivity contribution in [1.82, 2.24) is 14.9 Å². The van der Waals surface area contributed by atoms with Crippen LogP contribution in [0, 0.1) is 19.3 Å². The van der Waals surface area contributed by atoms with Gasteiger partial charge in [0.05, 0.1) is 18.0 Å². The highest BCUT2D eigenvalue weighted by molar-refractivity contribution is 7.18. The first-order valence-corrected chi connectivity index (χ1v) is 9.12. The summed E-state index contributed by atoms with van der Waals surface area (Å²) in [6, 6.07) is 0.134. The van der Waals surface area contributed by atoms with Gasteiger partial charge in [0, 0.05) is 23.4 Å². The number of ether oxygens (including phenoxy) is 1. The van der Waals surface area contributed by atoms with E-state index in [1.165, 1.54) is 11.3 Å². The van der Waals surface area contributed by atoms with E-state index in [2.05, 4.69) is 23.7 Å². The molecule has 6 heteroatoms. The van der Waals surface area contributed by atoms with Crippen LogP contribution in [0.1, 0.15) is 42.1 Å². The first kappa shape index (κ1) is 15.3. The lowest BCUT2D eigenvalue weighted by atomic mass is 9.87. The van der Waals surface area contributed by atoms with Gasteiger partial charge >= 0.3 is 0 Å². The van der Waals surface area contributed by atoms with E-state index in [9.17, 15) is 4.79 Å². The third-order valence-electron chi connectivity index (χ3n) is 5.65. The molecule has 0 aliphatic carbocycles. The summed E-state index contributed by atoms with van der Waals surface area (Å²) in [6.07, 6.45) is 2.34. The molecule has 2 unspecified atom stereocenters. The van der Waals surface area contributed by atoms with Gasteiger partial charge in [-0.3, -0.25) is 9.69 Å². The first-order valence-electron chi connectivity index (χ1n) is 8.31. The van der Waals surface area contributed by atoms with E-state index in [1.807, 2.05) is 6.92 Å². The Morgan fingerprint density at radius 2 is 2.22 bits per heavy atom. The largest absolute Gasteiger partial charge is 0.381 e. The molecule has 5 nitrogen and oxygen atoms in total. The highest BCUT2D eigenvalue weighted by Crippen LogP contribution is 2.40. The van der Waals surface area contributed by atoms with Crippen LogP contribution in [0.15, 0.2) is 4.79 Å². The number of thiophene rings is 1. The van der Waals surface area contributed by atoms with E-state index in [-0.39, 0.29) is 11.6 Å². The minimum Gasteiger partial charge on any atom is -0.381 e. The van der Waals surface area contributed by atoms with Gasteiger partial charge in [0.1, 0.15) is 10.7 Å². The van der Waals surface area contributed by atoms with Crippen molar-refractivity contribution >= 4 is 21.6 Å². The fourth-order valence-corrected chi connectivity index (χ4v) is 4.95. The fraction of sp³-hybridized carbons (Fsp3) is 0.647. The number of rotatable bonds is 2. The molecule has 2 aliphatic rings. The molecule has 0 aromatic carbocycles. The number of H-pyrrole nitrogens is 1. The Kier molecular flexibility index (Phi) is 3.59. The normalized spacial score (nSPS) is 26.6. The van der Waals surface area contributed by atoms with E-state index in [4.69, 9.17) is 9.72 Å². The number of nitrogens with one attached hydrogen (secondary N) is 1. The number of hydrogen-bond donors (Lipinski definition) is 1. The van der Waals surface area contributed by atoms with Crippen LogP contribution in [0.5, 0.6) is 0 Å². The van der Waals surface area contributed by atoms with Gasteiger partial charge in [-0.2, -0.15) is 0 Å². The van der Waals surface area contributed by atoms with Crippen LogP contribution in [0.2, 0.25) is 0 Å². The van der Waals surface area contributed by atoms with Crippen molar-refractivity contribution < 1.29 is 4.74 Å². The maximum Gasteiger partial charge on any atom is 0.259 e. The molecule has 0 saturated carbocycles. The highest BCUT2D eigenvalue weighted by Gasteiger charge is 2.42. The zero-order valence-electron chi connectivity index (χ0n) is 13.9. The molecule has 2 fully saturated rings. The highest BCUT2D eigenvalue weighted by atomic mass is 32.1. The predicted octanol–water partition coefficient (Wildman–Crippen LogP) is 2.77. The quantitative estimate of drug-likeness (QED) is 0.918. The van der Waals surface area contributed by atoms with Crippen LogP contribution >= 0.6 is 11.3 Å². The number of nitrogens with zero attached hydrogens (tertiary/aromatic N) is 2. The molecule has 4 heterocycles. The standard InChI is InChI=1S/C17H23N3O2S/c1-10-12(3)23-16-13(10)15(21)18-14(19-16)11(2)20-6-4-17(8-20)5-7-22-9-17/h11H,4-9H2,1-3H3,(H,18,19,21). The summed E-state index contributed by atoms with van der Waals surface area (Å²) >= 11 is 1.62. The molecule has 1 N–H and O–H groups in total. The van der Waals surface area contributed by atoms with Crippen LogP contribution in [0.3, 0.4) is 0 Å². The third-order valence-corrected chi connectivity index (χ3v) is 6.75. The van der Waals surface area contributed by atoms with Gasteiger partial charge in [0.25, 0.3) is 5.56 Å². The molecule has 23 heavy (non-hydrogen) atoms. The number of hydrogen-bond acceptors (Lipinski definition) is 5. The molecule has 0 radical (unpaired) electrons. The average Bonchev–Trinajstić information content (AvgIpc) is 3.22. The van der Waals surface area contributed by atoms with Crippen LogP contribution in [-0.4, -0.2) is 41.2 Å². The Hall–Kier alpha value is -1.24. The minimum atomic E-state index is -0.00295. The summed E-state index contributed by atoms with van der Waals surface area (Å²) in [6.45, 7) is 10.0. The Balaban J connectivity index is 1.65. The Morgan fingerprint density at radius 1 is 1.39 bits per heavy atom. The Labute approximate surface area is 139 Å². The Morgan fingerprint density at radius 3 is 2.96 bits per heavy atom. The van der Waals surface area contributed by atoms with Gasteiger partial charge in [0.15, 0.2) is 0 Å². The molecule has 0 amide bonds. The molecule has 4 rings (SSSR count). The Bertz CT molecular complexity index is 804. The van der Waals surface area contributed by atoms with Crippen LogP contribution < -0.4 is 5.56 Å². The van der Waals surface area contributed by atoms with Crippen molar-refractivity contribution in [3.63, 3.8) is 0 Å². The first-order chi connectivity index (χ1) is 11.0. The van der Waals surface area contributed by atoms with Gasteiger partial charge in [-0.1, -0.05) is 0 Å². The van der Waals surface area contributed by atoms with Crippen LogP contribution in [0.25, 0.3) is 10.2 Å². The van der Waals surface area contributed by atoms with Gasteiger partial charge < -0.3 is 9.72 Å². The summed E-state index contributed by atoms with van der Waals surface area (Å²) in [4.78, 5) is 24.7. The topological polar surface area (TPSA) is 58.2 Å². The monoisotopic (exact) mass is 333 g/mol. The molecule has 1 spiro atoms. The molecule has 2 aromatic heterocycles. The zero-order chi connectivity index (χ0) is 16.2.